The lowest BCUT2D eigenvalue weighted by molar-refractivity contribution is 0.0120. The maximum Gasteiger partial charge on any atom is 0.165 e. The van der Waals surface area contributed by atoms with E-state index < -0.39 is 0 Å². The van der Waals surface area contributed by atoms with E-state index in [0.717, 1.165) is 32.5 Å². The molecular weight excluding hydrogens is 313 g/mol. The highest BCUT2D eigenvalue weighted by Gasteiger charge is 2.45. The molecule has 4 heterocycles. The minimum atomic E-state index is -0.306. The molecule has 2 atom stereocenters. The van der Waals surface area contributed by atoms with Crippen molar-refractivity contribution in [3.8, 4) is 0 Å². The molecule has 2 saturated heterocycles. The van der Waals surface area contributed by atoms with Crippen LogP contribution >= 0.6 is 11.3 Å². The summed E-state index contributed by atoms with van der Waals surface area (Å²) in [6.07, 6.45) is 3.56. The number of halogens is 1. The van der Waals surface area contributed by atoms with Gasteiger partial charge in [0.05, 0.1) is 18.2 Å². The van der Waals surface area contributed by atoms with Gasteiger partial charge >= 0.3 is 0 Å². The highest BCUT2D eigenvalue weighted by Crippen LogP contribution is 2.36. The van der Waals surface area contributed by atoms with Crippen LogP contribution in [0.5, 0.6) is 0 Å². The lowest BCUT2D eigenvalue weighted by Crippen LogP contribution is -2.33. The van der Waals surface area contributed by atoms with Crippen LogP contribution in [0.25, 0.3) is 0 Å². The number of hydrogen-bond donors (Lipinski definition) is 1. The number of aromatic nitrogens is 1. The van der Waals surface area contributed by atoms with Gasteiger partial charge in [-0.2, -0.15) is 0 Å². The molecule has 0 bridgehead atoms. The number of thiophene rings is 1. The second kappa shape index (κ2) is 6.19. The van der Waals surface area contributed by atoms with Crippen LogP contribution in [0.4, 0.5) is 10.2 Å². The molecule has 2 aliphatic rings. The van der Waals surface area contributed by atoms with Gasteiger partial charge in [0.25, 0.3) is 0 Å². The quantitative estimate of drug-likeness (QED) is 0.933. The second-order valence-corrected chi connectivity index (χ2v) is 7.45. The fourth-order valence-electron chi connectivity index (χ4n) is 3.59. The van der Waals surface area contributed by atoms with Crippen molar-refractivity contribution in [2.45, 2.75) is 31.0 Å². The molecule has 0 radical (unpaired) electrons. The van der Waals surface area contributed by atoms with E-state index in [-0.39, 0.29) is 17.5 Å². The van der Waals surface area contributed by atoms with E-state index in [0.29, 0.717) is 12.4 Å². The largest absolute Gasteiger partial charge is 0.371 e. The first-order chi connectivity index (χ1) is 11.2. The zero-order chi connectivity index (χ0) is 15.7. The average molecular weight is 333 g/mol. The summed E-state index contributed by atoms with van der Waals surface area (Å²) in [5.41, 5.74) is -0.0832. The highest BCUT2D eigenvalue weighted by atomic mass is 32.1. The Hall–Kier alpha value is -1.50. The molecule has 2 aliphatic heterocycles. The fourth-order valence-corrected chi connectivity index (χ4v) is 4.34. The zero-order valence-electron chi connectivity index (χ0n) is 12.9. The topological polar surface area (TPSA) is 37.4 Å². The van der Waals surface area contributed by atoms with E-state index in [1.54, 1.807) is 23.6 Å². The van der Waals surface area contributed by atoms with Crippen molar-refractivity contribution >= 4 is 17.2 Å². The van der Waals surface area contributed by atoms with Crippen molar-refractivity contribution in [3.05, 3.63) is 46.5 Å². The number of anilines is 1. The number of hydrogen-bond acceptors (Lipinski definition) is 5. The summed E-state index contributed by atoms with van der Waals surface area (Å²) in [7, 11) is 0. The summed E-state index contributed by atoms with van der Waals surface area (Å²) >= 11 is 1.80. The van der Waals surface area contributed by atoms with Crippen molar-refractivity contribution in [2.24, 2.45) is 0 Å². The number of nitrogens with one attached hydrogen (secondary N) is 1. The maximum atomic E-state index is 13.7. The predicted molar refractivity (Wildman–Crippen MR) is 89.1 cm³/mol. The Labute approximate surface area is 139 Å². The van der Waals surface area contributed by atoms with Crippen LogP contribution in [0.1, 0.15) is 17.7 Å². The first-order valence-corrected chi connectivity index (χ1v) is 8.86. The lowest BCUT2D eigenvalue weighted by atomic mass is 9.97. The van der Waals surface area contributed by atoms with Crippen LogP contribution in [0.3, 0.4) is 0 Å². The van der Waals surface area contributed by atoms with E-state index in [1.807, 2.05) is 0 Å². The Bertz CT molecular complexity index is 666. The summed E-state index contributed by atoms with van der Waals surface area (Å²) in [6, 6.07) is 7.44. The third-order valence-electron chi connectivity index (χ3n) is 4.66. The van der Waals surface area contributed by atoms with Gasteiger partial charge in [0.1, 0.15) is 0 Å². The third kappa shape index (κ3) is 3.24. The SMILES string of the molecule is Fc1cccnc1NC1COC2(CCN(Cc3cccs3)C2)C1. The third-order valence-corrected chi connectivity index (χ3v) is 5.52. The molecule has 2 unspecified atom stereocenters. The van der Waals surface area contributed by atoms with Crippen LogP contribution in [-0.2, 0) is 11.3 Å². The van der Waals surface area contributed by atoms with Crippen molar-refractivity contribution in [1.29, 1.82) is 0 Å². The lowest BCUT2D eigenvalue weighted by Gasteiger charge is -2.23. The molecular formula is C17H20FN3OS. The smallest absolute Gasteiger partial charge is 0.165 e. The monoisotopic (exact) mass is 333 g/mol. The number of likely N-dealkylation sites (tertiary alicyclic amines) is 1. The zero-order valence-corrected chi connectivity index (χ0v) is 13.7. The molecule has 122 valence electrons. The van der Waals surface area contributed by atoms with Gasteiger partial charge in [-0.1, -0.05) is 6.07 Å². The molecule has 0 aromatic carbocycles. The van der Waals surface area contributed by atoms with Crippen LogP contribution < -0.4 is 5.32 Å². The fraction of sp³-hybridized carbons (Fsp3) is 0.471. The first kappa shape index (κ1) is 15.1. The van der Waals surface area contributed by atoms with Gasteiger partial charge in [0.15, 0.2) is 11.6 Å². The summed E-state index contributed by atoms with van der Waals surface area (Å²) in [4.78, 5) is 7.92. The Kier molecular flexibility index (Phi) is 4.05. The van der Waals surface area contributed by atoms with Crippen molar-refractivity contribution in [2.75, 3.05) is 25.0 Å². The minimum absolute atomic E-state index is 0.0832. The van der Waals surface area contributed by atoms with Gasteiger partial charge in [-0.15, -0.1) is 11.3 Å². The van der Waals surface area contributed by atoms with Crippen molar-refractivity contribution < 1.29 is 9.13 Å². The van der Waals surface area contributed by atoms with Gasteiger partial charge in [0, 0.05) is 37.1 Å². The van der Waals surface area contributed by atoms with Gasteiger partial charge in [-0.3, -0.25) is 4.90 Å². The summed E-state index contributed by atoms with van der Waals surface area (Å²) < 4.78 is 19.8. The van der Waals surface area contributed by atoms with E-state index in [2.05, 4.69) is 32.7 Å². The van der Waals surface area contributed by atoms with Crippen LogP contribution in [0, 0.1) is 5.82 Å². The van der Waals surface area contributed by atoms with E-state index in [9.17, 15) is 4.39 Å². The van der Waals surface area contributed by atoms with Crippen LogP contribution in [0.15, 0.2) is 35.8 Å². The number of nitrogens with zero attached hydrogens (tertiary/aromatic N) is 2. The summed E-state index contributed by atoms with van der Waals surface area (Å²) in [5, 5.41) is 5.31. The molecule has 2 aromatic heterocycles. The first-order valence-electron chi connectivity index (χ1n) is 7.98. The van der Waals surface area contributed by atoms with E-state index >= 15 is 0 Å². The molecule has 0 aliphatic carbocycles. The predicted octanol–water partition coefficient (Wildman–Crippen LogP) is 3.13. The number of rotatable bonds is 4. The minimum Gasteiger partial charge on any atom is -0.371 e. The molecule has 1 N–H and O–H groups in total. The Morgan fingerprint density at radius 1 is 1.43 bits per heavy atom. The number of pyridine rings is 1. The van der Waals surface area contributed by atoms with Crippen LogP contribution in [0.2, 0.25) is 0 Å². The Morgan fingerprint density at radius 2 is 2.39 bits per heavy atom. The normalized spacial score (nSPS) is 27.8. The Balaban J connectivity index is 1.36. The molecule has 2 fully saturated rings. The van der Waals surface area contributed by atoms with Crippen LogP contribution in [-0.4, -0.2) is 41.2 Å². The van der Waals surface area contributed by atoms with Gasteiger partial charge in [0.2, 0.25) is 0 Å². The van der Waals surface area contributed by atoms with Gasteiger partial charge in [-0.05, 0) is 30.0 Å². The molecule has 23 heavy (non-hydrogen) atoms. The van der Waals surface area contributed by atoms with Gasteiger partial charge in [-0.25, -0.2) is 9.37 Å². The van der Waals surface area contributed by atoms with E-state index in [1.165, 1.54) is 10.9 Å². The summed E-state index contributed by atoms with van der Waals surface area (Å²) in [6.45, 7) is 3.62. The van der Waals surface area contributed by atoms with Crippen molar-refractivity contribution in [3.63, 3.8) is 0 Å². The van der Waals surface area contributed by atoms with Crippen molar-refractivity contribution in [1.82, 2.24) is 9.88 Å². The Morgan fingerprint density at radius 3 is 3.22 bits per heavy atom. The van der Waals surface area contributed by atoms with E-state index in [4.69, 9.17) is 4.74 Å². The number of ether oxygens (including phenoxy) is 1. The second-order valence-electron chi connectivity index (χ2n) is 6.41. The molecule has 4 nitrogen and oxygen atoms in total. The molecule has 4 rings (SSSR count). The molecule has 2 aromatic rings. The standard InChI is InChI=1S/C17H20FN3OS/c18-15-4-1-6-19-16(15)20-13-9-17(22-11-13)5-7-21(12-17)10-14-3-2-8-23-14/h1-4,6,8,13H,5,7,9-12H2,(H,19,20). The molecule has 1 spiro atoms. The highest BCUT2D eigenvalue weighted by molar-refractivity contribution is 7.09. The maximum absolute atomic E-state index is 13.7. The summed E-state index contributed by atoms with van der Waals surface area (Å²) in [5.74, 6) is 0.0192. The average Bonchev–Trinajstić information content (AvgIpc) is 3.26. The molecule has 6 heteroatoms. The molecule has 0 amide bonds. The van der Waals surface area contributed by atoms with Gasteiger partial charge < -0.3 is 10.1 Å². The molecule has 0 saturated carbocycles.